The first-order chi connectivity index (χ1) is 13.1. The summed E-state index contributed by atoms with van der Waals surface area (Å²) in [5, 5.41) is 10.5. The first kappa shape index (κ1) is 18.5. The highest BCUT2D eigenvalue weighted by atomic mass is 16.3. The molecular formula is C24H30O3. The molecule has 0 saturated heterocycles. The lowest BCUT2D eigenvalue weighted by Crippen LogP contribution is -2.27. The number of aliphatic hydroxyl groups is 1. The molecule has 144 valence electrons. The first-order valence-corrected chi connectivity index (χ1v) is 10.8. The standard InChI is InChI=1S/C24H30O3/c25-22-19-10-5-6-11-20(19)23(26)24(27)21(22)12-4-1-7-16-13-14-17-8-2-3-9-18(17)15-16/h5-6,10-11,16-18,25H,1-4,7-9,12-15H2/t16?,17-,18-/m1/s1. The lowest BCUT2D eigenvalue weighted by atomic mass is 9.67. The molecule has 1 unspecified atom stereocenters. The number of hydrogen-bond acceptors (Lipinski definition) is 3. The second kappa shape index (κ2) is 8.00. The van der Waals surface area contributed by atoms with Crippen LogP contribution in [-0.2, 0) is 4.79 Å². The van der Waals surface area contributed by atoms with Crippen molar-refractivity contribution in [2.75, 3.05) is 0 Å². The fourth-order valence-corrected chi connectivity index (χ4v) is 5.62. The number of carbonyl (C=O) groups is 2. The summed E-state index contributed by atoms with van der Waals surface area (Å²) in [4.78, 5) is 24.7. The summed E-state index contributed by atoms with van der Waals surface area (Å²) >= 11 is 0. The van der Waals surface area contributed by atoms with Crippen molar-refractivity contribution in [1.82, 2.24) is 0 Å². The third-order valence-corrected chi connectivity index (χ3v) is 7.13. The number of allylic oxidation sites excluding steroid dienone is 1. The highest BCUT2D eigenvalue weighted by molar-refractivity contribution is 6.52. The van der Waals surface area contributed by atoms with E-state index in [9.17, 15) is 14.7 Å². The van der Waals surface area contributed by atoms with E-state index in [2.05, 4.69) is 0 Å². The quantitative estimate of drug-likeness (QED) is 0.522. The smallest absolute Gasteiger partial charge is 0.234 e. The minimum atomic E-state index is -0.520. The highest BCUT2D eigenvalue weighted by Gasteiger charge is 2.33. The van der Waals surface area contributed by atoms with Crippen LogP contribution in [0.1, 0.15) is 86.6 Å². The van der Waals surface area contributed by atoms with E-state index < -0.39 is 11.6 Å². The van der Waals surface area contributed by atoms with Gasteiger partial charge in [0.2, 0.25) is 11.6 Å². The second-order valence-corrected chi connectivity index (χ2v) is 8.76. The van der Waals surface area contributed by atoms with Crippen molar-refractivity contribution in [2.45, 2.75) is 70.6 Å². The summed E-state index contributed by atoms with van der Waals surface area (Å²) in [7, 11) is 0. The maximum atomic E-state index is 12.4. The van der Waals surface area contributed by atoms with E-state index in [-0.39, 0.29) is 5.76 Å². The lowest BCUT2D eigenvalue weighted by molar-refractivity contribution is -0.112. The van der Waals surface area contributed by atoms with Crippen LogP contribution in [0.3, 0.4) is 0 Å². The van der Waals surface area contributed by atoms with Crippen LogP contribution < -0.4 is 0 Å². The molecule has 3 heteroatoms. The molecule has 0 radical (unpaired) electrons. The molecule has 4 rings (SSSR count). The Bertz CT molecular complexity index is 761. The molecule has 0 amide bonds. The van der Waals surface area contributed by atoms with Crippen LogP contribution in [0.2, 0.25) is 0 Å². The third-order valence-electron chi connectivity index (χ3n) is 7.13. The zero-order chi connectivity index (χ0) is 18.8. The average molecular weight is 367 g/mol. The minimum Gasteiger partial charge on any atom is -0.507 e. The van der Waals surface area contributed by atoms with E-state index in [0.29, 0.717) is 23.1 Å². The number of hydrogen-bond donors (Lipinski definition) is 1. The number of unbranched alkanes of at least 4 members (excludes halogenated alkanes) is 1. The van der Waals surface area contributed by atoms with Crippen molar-refractivity contribution in [2.24, 2.45) is 17.8 Å². The van der Waals surface area contributed by atoms with Crippen molar-refractivity contribution >= 4 is 17.3 Å². The van der Waals surface area contributed by atoms with Gasteiger partial charge in [-0.15, -0.1) is 0 Å². The molecule has 1 aromatic carbocycles. The Balaban J connectivity index is 1.31. The van der Waals surface area contributed by atoms with Gasteiger partial charge in [-0.05, 0) is 43.4 Å². The van der Waals surface area contributed by atoms with Gasteiger partial charge in [0.15, 0.2) is 0 Å². The number of fused-ring (bicyclic) bond motifs is 2. The normalized spacial score (nSPS) is 28.1. The molecule has 0 bridgehead atoms. The molecule has 3 aliphatic rings. The molecule has 3 atom stereocenters. The second-order valence-electron chi connectivity index (χ2n) is 8.76. The van der Waals surface area contributed by atoms with Crippen LogP contribution in [0.4, 0.5) is 0 Å². The maximum Gasteiger partial charge on any atom is 0.234 e. The van der Waals surface area contributed by atoms with Crippen molar-refractivity contribution < 1.29 is 14.7 Å². The summed E-state index contributed by atoms with van der Waals surface area (Å²) in [5.41, 5.74) is 1.15. The fraction of sp³-hybridized carbons (Fsp3) is 0.583. The van der Waals surface area contributed by atoms with E-state index in [1.54, 1.807) is 24.3 Å². The number of Topliss-reactive ketones (excluding diaryl/α,β-unsaturated/α-hetero) is 2. The predicted molar refractivity (Wildman–Crippen MR) is 107 cm³/mol. The highest BCUT2D eigenvalue weighted by Crippen LogP contribution is 2.44. The SMILES string of the molecule is O=C1C(=O)c2ccccc2C(O)=C1CCCCC1CC[C@H]2CCCC[C@@H]2C1. The van der Waals surface area contributed by atoms with Gasteiger partial charge < -0.3 is 5.11 Å². The lowest BCUT2D eigenvalue weighted by Gasteiger charge is -2.39. The van der Waals surface area contributed by atoms with Crippen molar-refractivity contribution in [3.8, 4) is 0 Å². The van der Waals surface area contributed by atoms with Gasteiger partial charge in [0.25, 0.3) is 0 Å². The molecule has 0 spiro atoms. The molecule has 3 aliphatic carbocycles. The van der Waals surface area contributed by atoms with Gasteiger partial charge in [0.1, 0.15) is 5.76 Å². The zero-order valence-electron chi connectivity index (χ0n) is 16.1. The largest absolute Gasteiger partial charge is 0.507 e. The summed E-state index contributed by atoms with van der Waals surface area (Å²) in [6, 6.07) is 6.85. The Labute approximate surface area is 161 Å². The summed E-state index contributed by atoms with van der Waals surface area (Å²) in [5.74, 6) is 1.79. The van der Waals surface area contributed by atoms with E-state index in [1.165, 1.54) is 51.4 Å². The predicted octanol–water partition coefficient (Wildman–Crippen LogP) is 5.89. The number of aliphatic hydroxyl groups excluding tert-OH is 1. The van der Waals surface area contributed by atoms with Gasteiger partial charge in [0.05, 0.1) is 0 Å². The summed E-state index contributed by atoms with van der Waals surface area (Å²) in [6.07, 6.45) is 13.5. The van der Waals surface area contributed by atoms with Crippen LogP contribution >= 0.6 is 0 Å². The molecule has 0 aromatic heterocycles. The Morgan fingerprint density at radius 1 is 0.852 bits per heavy atom. The molecule has 2 saturated carbocycles. The van der Waals surface area contributed by atoms with Gasteiger partial charge in [-0.2, -0.15) is 0 Å². The zero-order valence-corrected chi connectivity index (χ0v) is 16.1. The van der Waals surface area contributed by atoms with Crippen LogP contribution in [-0.4, -0.2) is 16.7 Å². The number of benzene rings is 1. The van der Waals surface area contributed by atoms with E-state index in [0.717, 1.165) is 30.6 Å². The summed E-state index contributed by atoms with van der Waals surface area (Å²) < 4.78 is 0. The van der Waals surface area contributed by atoms with Gasteiger partial charge in [-0.3, -0.25) is 9.59 Å². The van der Waals surface area contributed by atoms with Crippen LogP contribution in [0.25, 0.3) is 5.76 Å². The molecule has 0 aliphatic heterocycles. The van der Waals surface area contributed by atoms with E-state index in [4.69, 9.17) is 0 Å². The fourth-order valence-electron chi connectivity index (χ4n) is 5.62. The molecule has 0 heterocycles. The maximum absolute atomic E-state index is 12.4. The summed E-state index contributed by atoms with van der Waals surface area (Å²) in [6.45, 7) is 0. The molecular weight excluding hydrogens is 336 g/mol. The molecule has 27 heavy (non-hydrogen) atoms. The van der Waals surface area contributed by atoms with E-state index in [1.807, 2.05) is 0 Å². The van der Waals surface area contributed by atoms with Crippen molar-refractivity contribution in [3.63, 3.8) is 0 Å². The monoisotopic (exact) mass is 366 g/mol. The van der Waals surface area contributed by atoms with Gasteiger partial charge in [-0.1, -0.05) is 69.2 Å². The van der Waals surface area contributed by atoms with Gasteiger partial charge >= 0.3 is 0 Å². The molecule has 3 nitrogen and oxygen atoms in total. The van der Waals surface area contributed by atoms with Gasteiger partial charge in [-0.25, -0.2) is 0 Å². The van der Waals surface area contributed by atoms with Crippen molar-refractivity contribution in [1.29, 1.82) is 0 Å². The van der Waals surface area contributed by atoms with E-state index >= 15 is 0 Å². The molecule has 1 N–H and O–H groups in total. The topological polar surface area (TPSA) is 54.4 Å². The van der Waals surface area contributed by atoms with Crippen LogP contribution in [0.5, 0.6) is 0 Å². The Morgan fingerprint density at radius 2 is 1.59 bits per heavy atom. The van der Waals surface area contributed by atoms with Crippen LogP contribution in [0.15, 0.2) is 29.8 Å². The van der Waals surface area contributed by atoms with Crippen LogP contribution in [0, 0.1) is 17.8 Å². The Hall–Kier alpha value is -1.90. The number of rotatable bonds is 5. The minimum absolute atomic E-state index is 0.0120. The number of ketones is 2. The third kappa shape index (κ3) is 3.74. The van der Waals surface area contributed by atoms with Gasteiger partial charge in [0, 0.05) is 16.7 Å². The Kier molecular flexibility index (Phi) is 5.47. The molecule has 1 aromatic rings. The number of carbonyl (C=O) groups excluding carboxylic acids is 2. The molecule has 2 fully saturated rings. The average Bonchev–Trinajstić information content (AvgIpc) is 2.71. The van der Waals surface area contributed by atoms with Crippen molar-refractivity contribution in [3.05, 3.63) is 41.0 Å². The first-order valence-electron chi connectivity index (χ1n) is 10.8. The Morgan fingerprint density at radius 3 is 2.41 bits per heavy atom.